The Morgan fingerprint density at radius 2 is 1.77 bits per heavy atom. The van der Waals surface area contributed by atoms with Crippen molar-refractivity contribution in [2.45, 2.75) is 97.9 Å². The summed E-state index contributed by atoms with van der Waals surface area (Å²) in [6.07, 6.45) is 5.79. The first-order chi connectivity index (χ1) is 20.4. The summed E-state index contributed by atoms with van der Waals surface area (Å²) in [6, 6.07) is 13.3. The van der Waals surface area contributed by atoms with Crippen molar-refractivity contribution in [3.8, 4) is 11.1 Å². The standard InChI is InChI=1S/C34H42N4O4S/c1-7-12-31-35-28-14-9-10-15-29(39)32(28)38(31)21-24-17-18-26(25(19-24)20-34(4,5)6)27-13-8-11-16-30(27)43(40,41)37-33-22(2)23(3)42-36-33/h8,11,13,16-19H,7,9-10,12,14-15,20-21H2,1-6H3,(H,36,37). The number of ketones is 1. The topological polar surface area (TPSA) is 107 Å². The number of anilines is 1. The Kier molecular flexibility index (Phi) is 8.65. The molecule has 4 aromatic rings. The predicted octanol–water partition coefficient (Wildman–Crippen LogP) is 7.45. The number of hydrogen-bond acceptors (Lipinski definition) is 6. The van der Waals surface area contributed by atoms with E-state index in [1.807, 2.05) is 24.3 Å². The second-order valence-electron chi connectivity index (χ2n) is 12.8. The van der Waals surface area contributed by atoms with Crippen LogP contribution in [0.15, 0.2) is 51.9 Å². The Labute approximate surface area is 255 Å². The van der Waals surface area contributed by atoms with Crippen molar-refractivity contribution in [3.63, 3.8) is 0 Å². The molecule has 0 spiro atoms. The molecule has 2 heterocycles. The number of carbonyl (C=O) groups excluding carboxylic acids is 1. The highest BCUT2D eigenvalue weighted by Crippen LogP contribution is 2.36. The smallest absolute Gasteiger partial charge is 0.263 e. The van der Waals surface area contributed by atoms with E-state index in [0.717, 1.165) is 72.4 Å². The van der Waals surface area contributed by atoms with Crippen LogP contribution in [0.5, 0.6) is 0 Å². The molecule has 1 aliphatic rings. The molecule has 228 valence electrons. The zero-order valence-corrected chi connectivity index (χ0v) is 26.9. The third-order valence-corrected chi connectivity index (χ3v) is 9.41. The van der Waals surface area contributed by atoms with E-state index in [1.54, 1.807) is 26.0 Å². The molecule has 8 nitrogen and oxygen atoms in total. The van der Waals surface area contributed by atoms with E-state index in [-0.39, 0.29) is 21.9 Å². The van der Waals surface area contributed by atoms with Crippen LogP contribution >= 0.6 is 0 Å². The number of rotatable bonds is 9. The number of fused-ring (bicyclic) bond motifs is 1. The zero-order valence-electron chi connectivity index (χ0n) is 26.1. The monoisotopic (exact) mass is 602 g/mol. The summed E-state index contributed by atoms with van der Waals surface area (Å²) in [4.78, 5) is 18.3. The normalized spacial score (nSPS) is 14.0. The number of benzene rings is 2. The number of sulfonamides is 1. The van der Waals surface area contributed by atoms with Gasteiger partial charge in [-0.15, -0.1) is 0 Å². The molecule has 9 heteroatoms. The Morgan fingerprint density at radius 1 is 1.02 bits per heavy atom. The molecule has 0 saturated heterocycles. The van der Waals surface area contributed by atoms with Crippen molar-refractivity contribution in [1.29, 1.82) is 0 Å². The first-order valence-corrected chi connectivity index (χ1v) is 16.6. The first-order valence-electron chi connectivity index (χ1n) is 15.2. The van der Waals surface area contributed by atoms with Gasteiger partial charge in [0.15, 0.2) is 11.6 Å². The summed E-state index contributed by atoms with van der Waals surface area (Å²) in [5.74, 6) is 1.89. The summed E-state index contributed by atoms with van der Waals surface area (Å²) in [7, 11) is -3.97. The lowest BCUT2D eigenvalue weighted by Crippen LogP contribution is -2.16. The molecule has 5 rings (SSSR count). The molecular formula is C34H42N4O4S. The van der Waals surface area contributed by atoms with Crippen molar-refractivity contribution < 1.29 is 17.7 Å². The number of imidazole rings is 1. The van der Waals surface area contributed by atoms with E-state index in [2.05, 4.69) is 48.2 Å². The maximum Gasteiger partial charge on any atom is 0.263 e. The predicted molar refractivity (Wildman–Crippen MR) is 169 cm³/mol. The lowest BCUT2D eigenvalue weighted by atomic mass is 9.84. The van der Waals surface area contributed by atoms with Gasteiger partial charge in [0.1, 0.15) is 17.3 Å². The molecule has 2 aromatic heterocycles. The van der Waals surface area contributed by atoms with Crippen molar-refractivity contribution in [2.75, 3.05) is 4.72 Å². The van der Waals surface area contributed by atoms with Gasteiger partial charge in [-0.3, -0.25) is 9.52 Å². The van der Waals surface area contributed by atoms with E-state index in [1.165, 1.54) is 0 Å². The van der Waals surface area contributed by atoms with E-state index in [9.17, 15) is 13.2 Å². The number of carbonyl (C=O) groups is 1. The summed E-state index contributed by atoms with van der Waals surface area (Å²) in [5, 5.41) is 3.91. The Hall–Kier alpha value is -3.72. The molecule has 43 heavy (non-hydrogen) atoms. The van der Waals surface area contributed by atoms with E-state index < -0.39 is 10.0 Å². The molecule has 0 fully saturated rings. The second kappa shape index (κ2) is 12.1. The molecule has 0 unspecified atom stereocenters. The van der Waals surface area contributed by atoms with Gasteiger partial charge in [-0.2, -0.15) is 0 Å². The van der Waals surface area contributed by atoms with Crippen molar-refractivity contribution in [2.24, 2.45) is 5.41 Å². The average Bonchev–Trinajstić information content (AvgIpc) is 3.36. The van der Waals surface area contributed by atoms with Gasteiger partial charge in [0.2, 0.25) is 0 Å². The number of nitrogens with zero attached hydrogens (tertiary/aromatic N) is 3. The SMILES string of the molecule is CCCc1nc2c(n1Cc1ccc(-c3ccccc3S(=O)(=O)Nc3noc(C)c3C)c(CC(C)(C)C)c1)C(=O)CCCC2. The van der Waals surface area contributed by atoms with Crippen LogP contribution in [0.2, 0.25) is 0 Å². The molecule has 2 aromatic carbocycles. The van der Waals surface area contributed by atoms with Gasteiger partial charge in [0.05, 0.1) is 10.6 Å². The highest BCUT2D eigenvalue weighted by atomic mass is 32.2. The average molecular weight is 603 g/mol. The van der Waals surface area contributed by atoms with Crippen LogP contribution in [0.4, 0.5) is 5.82 Å². The number of aryl methyl sites for hydroxylation is 3. The summed E-state index contributed by atoms with van der Waals surface area (Å²) in [5.41, 5.74) is 5.89. The molecule has 0 amide bonds. The number of Topliss-reactive ketones (excluding diaryl/α,β-unsaturated/α-hetero) is 1. The molecule has 0 atom stereocenters. The van der Waals surface area contributed by atoms with Crippen LogP contribution in [0.3, 0.4) is 0 Å². The minimum absolute atomic E-state index is 0.0514. The van der Waals surface area contributed by atoms with E-state index in [4.69, 9.17) is 9.51 Å². The van der Waals surface area contributed by atoms with Crippen LogP contribution in [-0.4, -0.2) is 28.9 Å². The molecule has 0 bridgehead atoms. The molecule has 1 N–H and O–H groups in total. The number of nitrogens with one attached hydrogen (secondary N) is 1. The number of aromatic nitrogens is 3. The van der Waals surface area contributed by atoms with Crippen molar-refractivity contribution in [3.05, 3.63) is 82.1 Å². The third kappa shape index (κ3) is 6.61. The highest BCUT2D eigenvalue weighted by Gasteiger charge is 2.27. The molecule has 0 saturated carbocycles. The van der Waals surface area contributed by atoms with Crippen LogP contribution in [0, 0.1) is 19.3 Å². The summed E-state index contributed by atoms with van der Waals surface area (Å²) >= 11 is 0. The molecule has 0 radical (unpaired) electrons. The summed E-state index contributed by atoms with van der Waals surface area (Å²) < 4.78 is 37.3. The summed E-state index contributed by atoms with van der Waals surface area (Å²) in [6.45, 7) is 12.7. The zero-order chi connectivity index (χ0) is 30.9. The second-order valence-corrected chi connectivity index (χ2v) is 14.5. The van der Waals surface area contributed by atoms with E-state index >= 15 is 0 Å². The first kappa shape index (κ1) is 30.7. The lowest BCUT2D eigenvalue weighted by molar-refractivity contribution is 0.0973. The van der Waals surface area contributed by atoms with Gasteiger partial charge < -0.3 is 9.09 Å². The van der Waals surface area contributed by atoms with Crippen LogP contribution < -0.4 is 4.72 Å². The number of hydrogen-bond donors (Lipinski definition) is 1. The van der Waals surface area contributed by atoms with Gasteiger partial charge in [-0.05, 0) is 74.1 Å². The van der Waals surface area contributed by atoms with Crippen molar-refractivity contribution >= 4 is 21.6 Å². The largest absolute Gasteiger partial charge is 0.359 e. The maximum absolute atomic E-state index is 13.7. The van der Waals surface area contributed by atoms with Gasteiger partial charge in [0.25, 0.3) is 10.0 Å². The minimum atomic E-state index is -3.97. The quantitative estimate of drug-likeness (QED) is 0.199. The molecule has 1 aliphatic carbocycles. The van der Waals surface area contributed by atoms with E-state index in [0.29, 0.717) is 29.9 Å². The molecular weight excluding hydrogens is 560 g/mol. The van der Waals surface area contributed by atoms with Gasteiger partial charge in [0, 0.05) is 30.5 Å². The third-order valence-electron chi connectivity index (χ3n) is 8.01. The van der Waals surface area contributed by atoms with Gasteiger partial charge in [-0.25, -0.2) is 13.4 Å². The van der Waals surface area contributed by atoms with Crippen molar-refractivity contribution in [1.82, 2.24) is 14.7 Å². The maximum atomic E-state index is 13.7. The Bertz CT molecular complexity index is 1760. The molecule has 0 aliphatic heterocycles. The fraction of sp³-hybridized carbons (Fsp3) is 0.441. The Morgan fingerprint density at radius 3 is 2.47 bits per heavy atom. The highest BCUT2D eigenvalue weighted by molar-refractivity contribution is 7.92. The van der Waals surface area contributed by atoms with Gasteiger partial charge >= 0.3 is 0 Å². The van der Waals surface area contributed by atoms with Crippen LogP contribution in [0.25, 0.3) is 11.1 Å². The van der Waals surface area contributed by atoms with Crippen LogP contribution in [-0.2, 0) is 35.8 Å². The fourth-order valence-corrected chi connectivity index (χ4v) is 7.13. The van der Waals surface area contributed by atoms with Gasteiger partial charge in [-0.1, -0.05) is 69.2 Å². The Balaban J connectivity index is 1.58. The lowest BCUT2D eigenvalue weighted by Gasteiger charge is -2.23. The minimum Gasteiger partial charge on any atom is -0.359 e. The fourth-order valence-electron chi connectivity index (χ4n) is 5.85. The van der Waals surface area contributed by atoms with Crippen LogP contribution in [0.1, 0.15) is 97.8 Å².